The third kappa shape index (κ3) is 9.06. The Bertz CT molecular complexity index is 651. The van der Waals surface area contributed by atoms with Crippen molar-refractivity contribution < 1.29 is 59.5 Å². The molecule has 0 radical (unpaired) electrons. The summed E-state index contributed by atoms with van der Waals surface area (Å²) in [6.45, 7) is -0.0180. The summed E-state index contributed by atoms with van der Waals surface area (Å²) in [6, 6.07) is 0. The molecule has 0 amide bonds. The first kappa shape index (κ1) is 32.3. The van der Waals surface area contributed by atoms with Crippen molar-refractivity contribution in [3.8, 4) is 0 Å². The second-order valence-electron chi connectivity index (χ2n) is 10.2. The summed E-state index contributed by atoms with van der Waals surface area (Å²) >= 11 is 0. The van der Waals surface area contributed by atoms with E-state index in [9.17, 15) is 40.5 Å². The molecule has 2 saturated heterocycles. The Morgan fingerprint density at radius 3 is 2.08 bits per heavy atom. The SMILES string of the molecule is CCCCCCCCCC(=O)OCC1O[C@H](COC[C@]2(CO)CO[C@@H](CO)[C@@H](O)C2O)[C@@H](O)C(O)[C@H]1O. The fourth-order valence-electron chi connectivity index (χ4n) is 4.65. The number of carbonyl (C=O) groups excluding carboxylic acids is 1. The molecule has 12 nitrogen and oxygen atoms in total. The van der Waals surface area contributed by atoms with Crippen LogP contribution in [0.1, 0.15) is 58.3 Å². The molecule has 0 aromatic heterocycles. The van der Waals surface area contributed by atoms with Crippen LogP contribution in [-0.2, 0) is 23.7 Å². The molecule has 3 unspecified atom stereocenters. The number of hydrogen-bond donors (Lipinski definition) is 7. The van der Waals surface area contributed by atoms with Gasteiger partial charge in [0.1, 0.15) is 49.3 Å². The third-order valence-electron chi connectivity index (χ3n) is 7.29. The molecule has 37 heavy (non-hydrogen) atoms. The van der Waals surface area contributed by atoms with Crippen molar-refractivity contribution in [2.75, 3.05) is 39.6 Å². The van der Waals surface area contributed by atoms with E-state index < -0.39 is 73.4 Å². The van der Waals surface area contributed by atoms with Crippen LogP contribution in [0, 0.1) is 5.41 Å². The van der Waals surface area contributed by atoms with Gasteiger partial charge in [0.15, 0.2) is 0 Å². The predicted molar refractivity (Wildman–Crippen MR) is 129 cm³/mol. The van der Waals surface area contributed by atoms with E-state index in [0.717, 1.165) is 19.3 Å². The van der Waals surface area contributed by atoms with E-state index in [1.807, 2.05) is 0 Å². The van der Waals surface area contributed by atoms with Crippen LogP contribution in [-0.4, -0.2) is 130 Å². The fraction of sp³-hybridized carbons (Fsp3) is 0.960. The van der Waals surface area contributed by atoms with Crippen LogP contribution in [0.25, 0.3) is 0 Å². The highest BCUT2D eigenvalue weighted by Gasteiger charge is 2.50. The van der Waals surface area contributed by atoms with E-state index in [-0.39, 0.29) is 32.8 Å². The van der Waals surface area contributed by atoms with Crippen LogP contribution in [0.5, 0.6) is 0 Å². The van der Waals surface area contributed by atoms with Gasteiger partial charge in [-0.15, -0.1) is 0 Å². The summed E-state index contributed by atoms with van der Waals surface area (Å²) in [5, 5.41) is 70.5. The lowest BCUT2D eigenvalue weighted by atomic mass is 9.78. The maximum atomic E-state index is 12.1. The first-order valence-corrected chi connectivity index (χ1v) is 13.3. The summed E-state index contributed by atoms with van der Waals surface area (Å²) in [6.07, 6.45) is -2.98. The molecule has 2 aliphatic heterocycles. The lowest BCUT2D eigenvalue weighted by molar-refractivity contribution is -0.255. The summed E-state index contributed by atoms with van der Waals surface area (Å²) in [5.41, 5.74) is -1.38. The first-order chi connectivity index (χ1) is 17.7. The topological polar surface area (TPSA) is 196 Å². The zero-order valence-corrected chi connectivity index (χ0v) is 21.7. The van der Waals surface area contributed by atoms with Crippen LogP contribution >= 0.6 is 0 Å². The zero-order valence-electron chi connectivity index (χ0n) is 21.7. The lowest BCUT2D eigenvalue weighted by Gasteiger charge is -2.45. The minimum absolute atomic E-state index is 0.195. The highest BCUT2D eigenvalue weighted by molar-refractivity contribution is 5.69. The average Bonchev–Trinajstić information content (AvgIpc) is 2.90. The highest BCUT2D eigenvalue weighted by Crippen LogP contribution is 2.32. The van der Waals surface area contributed by atoms with Gasteiger partial charge in [-0.05, 0) is 6.42 Å². The number of ether oxygens (including phenoxy) is 4. The molecular weight excluding hydrogens is 492 g/mol. The number of rotatable bonds is 16. The Morgan fingerprint density at radius 1 is 0.838 bits per heavy atom. The van der Waals surface area contributed by atoms with Crippen LogP contribution < -0.4 is 0 Å². The molecule has 0 aliphatic carbocycles. The Balaban J connectivity index is 1.79. The molecule has 7 N–H and O–H groups in total. The van der Waals surface area contributed by atoms with E-state index >= 15 is 0 Å². The standard InChI is InChI=1S/C25H46O12/c1-2-3-4-5-6-7-8-9-19(28)35-12-18-21(30)23(32)20(29)17(37-18)11-34-14-25(13-27)15-36-16(10-26)22(31)24(25)33/h16-18,20-24,26-27,29-33H,2-15H2,1H3/t16-,17+,18?,20+,21-,22+,23?,24?,25+/m0/s1. The summed E-state index contributed by atoms with van der Waals surface area (Å²) in [7, 11) is 0. The molecule has 2 rings (SSSR count). The number of hydrogen-bond acceptors (Lipinski definition) is 12. The van der Waals surface area contributed by atoms with E-state index in [1.165, 1.54) is 19.3 Å². The van der Waals surface area contributed by atoms with Crippen molar-refractivity contribution in [3.05, 3.63) is 0 Å². The van der Waals surface area contributed by atoms with E-state index in [0.29, 0.717) is 6.42 Å². The molecule has 2 fully saturated rings. The fourth-order valence-corrected chi connectivity index (χ4v) is 4.65. The Hall–Kier alpha value is -0.930. The number of esters is 1. The van der Waals surface area contributed by atoms with Crippen molar-refractivity contribution in [1.82, 2.24) is 0 Å². The Morgan fingerprint density at radius 2 is 1.46 bits per heavy atom. The van der Waals surface area contributed by atoms with Gasteiger partial charge >= 0.3 is 5.97 Å². The van der Waals surface area contributed by atoms with Gasteiger partial charge in [0.2, 0.25) is 0 Å². The largest absolute Gasteiger partial charge is 0.463 e. The summed E-state index contributed by atoms with van der Waals surface area (Å²) in [5.74, 6) is -0.436. The Labute approximate surface area is 218 Å². The van der Waals surface area contributed by atoms with Gasteiger partial charge < -0.3 is 54.7 Å². The van der Waals surface area contributed by atoms with Gasteiger partial charge in [0.05, 0.1) is 44.6 Å². The summed E-state index contributed by atoms with van der Waals surface area (Å²) < 4.78 is 21.8. The lowest BCUT2D eigenvalue weighted by Crippen LogP contribution is -2.62. The first-order valence-electron chi connectivity index (χ1n) is 13.3. The second-order valence-corrected chi connectivity index (χ2v) is 10.2. The van der Waals surface area contributed by atoms with Crippen LogP contribution in [0.3, 0.4) is 0 Å². The molecule has 2 heterocycles. The molecule has 0 saturated carbocycles. The molecular formula is C25H46O12. The van der Waals surface area contributed by atoms with Crippen LogP contribution in [0.4, 0.5) is 0 Å². The van der Waals surface area contributed by atoms with E-state index in [1.54, 1.807) is 0 Å². The average molecular weight is 539 g/mol. The maximum absolute atomic E-state index is 12.1. The highest BCUT2D eigenvalue weighted by atomic mass is 16.6. The van der Waals surface area contributed by atoms with Gasteiger partial charge in [-0.25, -0.2) is 0 Å². The third-order valence-corrected chi connectivity index (χ3v) is 7.29. The van der Waals surface area contributed by atoms with E-state index in [2.05, 4.69) is 6.92 Å². The van der Waals surface area contributed by atoms with Gasteiger partial charge in [0.25, 0.3) is 0 Å². The number of aliphatic hydroxyl groups excluding tert-OH is 7. The maximum Gasteiger partial charge on any atom is 0.305 e. The van der Waals surface area contributed by atoms with Crippen LogP contribution in [0.2, 0.25) is 0 Å². The minimum Gasteiger partial charge on any atom is -0.463 e. The quantitative estimate of drug-likeness (QED) is 0.0901. The summed E-state index contributed by atoms with van der Waals surface area (Å²) in [4.78, 5) is 12.1. The number of aliphatic hydroxyl groups is 7. The van der Waals surface area contributed by atoms with Crippen molar-refractivity contribution >= 4 is 5.97 Å². The molecule has 12 heteroatoms. The van der Waals surface area contributed by atoms with Crippen molar-refractivity contribution in [1.29, 1.82) is 0 Å². The molecule has 0 spiro atoms. The molecule has 9 atom stereocenters. The van der Waals surface area contributed by atoms with Gasteiger partial charge in [-0.3, -0.25) is 4.79 Å². The monoisotopic (exact) mass is 538 g/mol. The number of carbonyl (C=O) groups is 1. The van der Waals surface area contributed by atoms with Crippen molar-refractivity contribution in [2.24, 2.45) is 5.41 Å². The van der Waals surface area contributed by atoms with Gasteiger partial charge in [-0.2, -0.15) is 0 Å². The van der Waals surface area contributed by atoms with Crippen molar-refractivity contribution in [2.45, 2.75) is 107 Å². The Kier molecular flexibility index (Phi) is 14.2. The smallest absolute Gasteiger partial charge is 0.305 e. The molecule has 0 aromatic carbocycles. The molecule has 218 valence electrons. The van der Waals surface area contributed by atoms with Crippen molar-refractivity contribution in [3.63, 3.8) is 0 Å². The zero-order chi connectivity index (χ0) is 27.4. The second kappa shape index (κ2) is 16.2. The van der Waals surface area contributed by atoms with Gasteiger partial charge in [-0.1, -0.05) is 45.4 Å². The van der Waals surface area contributed by atoms with Gasteiger partial charge in [0, 0.05) is 6.42 Å². The predicted octanol–water partition coefficient (Wildman–Crippen LogP) is -1.37. The molecule has 0 aromatic rings. The minimum atomic E-state index is -1.57. The van der Waals surface area contributed by atoms with E-state index in [4.69, 9.17) is 18.9 Å². The molecule has 0 bridgehead atoms. The normalized spacial score (nSPS) is 36.4. The number of unbranched alkanes of at least 4 members (excludes halogenated alkanes) is 6. The van der Waals surface area contributed by atoms with Crippen LogP contribution in [0.15, 0.2) is 0 Å². The molecule has 2 aliphatic rings.